The summed E-state index contributed by atoms with van der Waals surface area (Å²) in [5.41, 5.74) is 1.22. The second kappa shape index (κ2) is 9.19. The lowest BCUT2D eigenvalue weighted by atomic mass is 10.1. The normalized spacial score (nSPS) is 12.8. The van der Waals surface area contributed by atoms with Crippen LogP contribution in [0.15, 0.2) is 12.2 Å². The highest BCUT2D eigenvalue weighted by Crippen LogP contribution is 2.04. The van der Waals surface area contributed by atoms with E-state index in [1.807, 2.05) is 7.05 Å². The molecule has 0 aliphatic rings. The molecule has 0 saturated carbocycles. The molecule has 0 aromatic carbocycles. The Labute approximate surface area is 87.5 Å². The van der Waals surface area contributed by atoms with Crippen LogP contribution < -0.4 is 5.32 Å². The molecule has 0 radical (unpaired) electrons. The maximum atomic E-state index is 5.44. The first-order valence-electron chi connectivity index (χ1n) is 5.09. The number of hydrogen-bond acceptors (Lipinski definition) is 3. The zero-order valence-electron chi connectivity index (χ0n) is 9.64. The summed E-state index contributed by atoms with van der Waals surface area (Å²) in [6.45, 7) is 8.01. The van der Waals surface area contributed by atoms with Crippen molar-refractivity contribution in [2.24, 2.45) is 0 Å². The van der Waals surface area contributed by atoms with Crippen LogP contribution >= 0.6 is 0 Å². The zero-order valence-corrected chi connectivity index (χ0v) is 9.64. The van der Waals surface area contributed by atoms with E-state index in [-0.39, 0.29) is 0 Å². The molecule has 0 spiro atoms. The Morgan fingerprint density at radius 2 is 2.14 bits per heavy atom. The minimum Gasteiger partial charge on any atom is -0.382 e. The number of rotatable bonds is 9. The van der Waals surface area contributed by atoms with Crippen molar-refractivity contribution < 1.29 is 9.47 Å². The monoisotopic (exact) mass is 201 g/mol. The van der Waals surface area contributed by atoms with Gasteiger partial charge >= 0.3 is 0 Å². The predicted molar refractivity (Wildman–Crippen MR) is 59.6 cm³/mol. The van der Waals surface area contributed by atoms with Gasteiger partial charge in [0.05, 0.1) is 19.8 Å². The first kappa shape index (κ1) is 13.6. The topological polar surface area (TPSA) is 30.5 Å². The molecule has 0 saturated heterocycles. The van der Waals surface area contributed by atoms with Gasteiger partial charge in [0, 0.05) is 13.2 Å². The third-order valence-corrected chi connectivity index (χ3v) is 2.08. The Morgan fingerprint density at radius 3 is 2.64 bits per heavy atom. The molecule has 0 bridgehead atoms. The SMILES string of the molecule is C=C(C)CCC(COCCOC)NC. The fourth-order valence-electron chi connectivity index (χ4n) is 1.10. The van der Waals surface area contributed by atoms with Gasteiger partial charge in [-0.2, -0.15) is 0 Å². The van der Waals surface area contributed by atoms with E-state index in [0.717, 1.165) is 19.4 Å². The summed E-state index contributed by atoms with van der Waals surface area (Å²) in [5.74, 6) is 0. The Hall–Kier alpha value is -0.380. The van der Waals surface area contributed by atoms with Crippen molar-refractivity contribution in [3.05, 3.63) is 12.2 Å². The van der Waals surface area contributed by atoms with Gasteiger partial charge < -0.3 is 14.8 Å². The highest BCUT2D eigenvalue weighted by Gasteiger charge is 2.05. The molecule has 84 valence electrons. The van der Waals surface area contributed by atoms with Gasteiger partial charge in [-0.25, -0.2) is 0 Å². The number of allylic oxidation sites excluding steroid dienone is 1. The first-order chi connectivity index (χ1) is 6.70. The molecule has 3 nitrogen and oxygen atoms in total. The number of nitrogens with one attached hydrogen (secondary N) is 1. The lowest BCUT2D eigenvalue weighted by Crippen LogP contribution is -2.30. The fraction of sp³-hybridized carbons (Fsp3) is 0.818. The maximum Gasteiger partial charge on any atom is 0.0701 e. The summed E-state index contributed by atoms with van der Waals surface area (Å²) in [7, 11) is 3.64. The van der Waals surface area contributed by atoms with E-state index in [1.54, 1.807) is 7.11 Å². The predicted octanol–water partition coefficient (Wildman–Crippen LogP) is 1.59. The summed E-state index contributed by atoms with van der Waals surface area (Å²) < 4.78 is 10.3. The van der Waals surface area contributed by atoms with Crippen molar-refractivity contribution in [1.29, 1.82) is 0 Å². The van der Waals surface area contributed by atoms with Crippen molar-refractivity contribution in [2.45, 2.75) is 25.8 Å². The van der Waals surface area contributed by atoms with E-state index < -0.39 is 0 Å². The number of methoxy groups -OCH3 is 1. The molecule has 3 heteroatoms. The van der Waals surface area contributed by atoms with E-state index in [1.165, 1.54) is 5.57 Å². The Morgan fingerprint density at radius 1 is 1.43 bits per heavy atom. The lowest BCUT2D eigenvalue weighted by molar-refractivity contribution is 0.0586. The third-order valence-electron chi connectivity index (χ3n) is 2.08. The molecule has 0 aliphatic heterocycles. The van der Waals surface area contributed by atoms with Crippen LogP contribution in [0, 0.1) is 0 Å². The van der Waals surface area contributed by atoms with Crippen LogP contribution in [0.3, 0.4) is 0 Å². The molecule has 1 atom stereocenters. The highest BCUT2D eigenvalue weighted by atomic mass is 16.5. The molecule has 14 heavy (non-hydrogen) atoms. The van der Waals surface area contributed by atoms with Crippen molar-refractivity contribution >= 4 is 0 Å². The third kappa shape index (κ3) is 8.23. The Bertz CT molecular complexity index is 148. The van der Waals surface area contributed by atoms with Gasteiger partial charge in [0.25, 0.3) is 0 Å². The van der Waals surface area contributed by atoms with E-state index in [2.05, 4.69) is 18.8 Å². The van der Waals surface area contributed by atoms with Crippen molar-refractivity contribution in [1.82, 2.24) is 5.32 Å². The average molecular weight is 201 g/mol. The van der Waals surface area contributed by atoms with Crippen LogP contribution in [-0.4, -0.2) is 40.0 Å². The van der Waals surface area contributed by atoms with Gasteiger partial charge in [-0.15, -0.1) is 6.58 Å². The molecular formula is C11H23NO2. The van der Waals surface area contributed by atoms with Gasteiger partial charge in [-0.3, -0.25) is 0 Å². The maximum absolute atomic E-state index is 5.44. The smallest absolute Gasteiger partial charge is 0.0701 e. The summed E-state index contributed by atoms with van der Waals surface area (Å²) in [4.78, 5) is 0. The summed E-state index contributed by atoms with van der Waals surface area (Å²) in [6.07, 6.45) is 2.14. The van der Waals surface area contributed by atoms with Crippen LogP contribution in [0.2, 0.25) is 0 Å². The zero-order chi connectivity index (χ0) is 10.8. The van der Waals surface area contributed by atoms with E-state index in [0.29, 0.717) is 19.3 Å². The Balaban J connectivity index is 3.42. The molecule has 1 N–H and O–H groups in total. The van der Waals surface area contributed by atoms with Crippen molar-refractivity contribution in [3.8, 4) is 0 Å². The Kier molecular flexibility index (Phi) is 8.94. The van der Waals surface area contributed by atoms with Gasteiger partial charge in [0.2, 0.25) is 0 Å². The minimum atomic E-state index is 0.420. The van der Waals surface area contributed by atoms with E-state index in [4.69, 9.17) is 9.47 Å². The molecule has 0 aliphatic carbocycles. The van der Waals surface area contributed by atoms with Crippen LogP contribution in [0.25, 0.3) is 0 Å². The van der Waals surface area contributed by atoms with E-state index in [9.17, 15) is 0 Å². The molecule has 0 aromatic rings. The van der Waals surface area contributed by atoms with Crippen molar-refractivity contribution in [3.63, 3.8) is 0 Å². The van der Waals surface area contributed by atoms with E-state index >= 15 is 0 Å². The second-order valence-electron chi connectivity index (χ2n) is 3.55. The molecular weight excluding hydrogens is 178 g/mol. The number of hydrogen-bond donors (Lipinski definition) is 1. The second-order valence-corrected chi connectivity index (χ2v) is 3.55. The fourth-order valence-corrected chi connectivity index (χ4v) is 1.10. The average Bonchev–Trinajstić information content (AvgIpc) is 2.16. The molecule has 0 rings (SSSR count). The van der Waals surface area contributed by atoms with Crippen LogP contribution in [-0.2, 0) is 9.47 Å². The summed E-state index contributed by atoms with van der Waals surface area (Å²) in [5, 5.41) is 3.23. The molecule has 0 heterocycles. The first-order valence-corrected chi connectivity index (χ1v) is 5.09. The van der Waals surface area contributed by atoms with Crippen LogP contribution in [0.4, 0.5) is 0 Å². The lowest BCUT2D eigenvalue weighted by Gasteiger charge is -2.16. The largest absolute Gasteiger partial charge is 0.382 e. The molecule has 1 unspecified atom stereocenters. The molecule has 0 fully saturated rings. The van der Waals surface area contributed by atoms with Crippen LogP contribution in [0.1, 0.15) is 19.8 Å². The van der Waals surface area contributed by atoms with Gasteiger partial charge in [0.1, 0.15) is 0 Å². The highest BCUT2D eigenvalue weighted by molar-refractivity contribution is 4.89. The van der Waals surface area contributed by atoms with Crippen molar-refractivity contribution in [2.75, 3.05) is 34.0 Å². The molecule has 0 amide bonds. The van der Waals surface area contributed by atoms with Gasteiger partial charge in [-0.1, -0.05) is 5.57 Å². The number of likely N-dealkylation sites (N-methyl/N-ethyl adjacent to an activating group) is 1. The molecule has 0 aromatic heterocycles. The number of ether oxygens (including phenoxy) is 2. The quantitative estimate of drug-likeness (QED) is 0.454. The minimum absolute atomic E-state index is 0.420. The summed E-state index contributed by atoms with van der Waals surface area (Å²) in [6, 6.07) is 0.420. The standard InChI is InChI=1S/C11H23NO2/c1-10(2)5-6-11(12-3)9-14-8-7-13-4/h11-12H,1,5-9H2,2-4H3. The van der Waals surface area contributed by atoms with Gasteiger partial charge in [-0.05, 0) is 26.8 Å². The van der Waals surface area contributed by atoms with Gasteiger partial charge in [0.15, 0.2) is 0 Å². The summed E-state index contributed by atoms with van der Waals surface area (Å²) >= 11 is 0. The van der Waals surface area contributed by atoms with Crippen LogP contribution in [0.5, 0.6) is 0 Å².